The van der Waals surface area contributed by atoms with E-state index >= 15 is 0 Å². The molecule has 1 saturated carbocycles. The zero-order valence-electron chi connectivity index (χ0n) is 22.4. The van der Waals surface area contributed by atoms with Gasteiger partial charge in [-0.05, 0) is 74.4 Å². The molecule has 2 aromatic heterocycles. The zero-order valence-corrected chi connectivity index (χ0v) is 22.4. The van der Waals surface area contributed by atoms with Crippen molar-refractivity contribution in [2.75, 3.05) is 18.4 Å². The minimum atomic E-state index is -0.549. The van der Waals surface area contributed by atoms with Gasteiger partial charge in [-0.25, -0.2) is 9.97 Å². The highest BCUT2D eigenvalue weighted by Crippen LogP contribution is 2.30. The van der Waals surface area contributed by atoms with E-state index in [1.54, 1.807) is 12.3 Å². The van der Waals surface area contributed by atoms with Crippen LogP contribution in [0.5, 0.6) is 5.75 Å². The Balaban J connectivity index is 1.10. The Morgan fingerprint density at radius 3 is 2.87 bits per heavy atom. The number of pyridine rings is 1. The first-order valence-electron chi connectivity index (χ1n) is 13.8. The SMILES string of the molecule is Cc1ncoc1COc1ccc2c(c1C)CCN(C[C@@H](O)CCC(=O)c1ccnc(NC3CCCC3)c1)C2. The number of aliphatic hydroxyl groups excluding tert-OH is 1. The van der Waals surface area contributed by atoms with Gasteiger partial charge in [-0.3, -0.25) is 9.69 Å². The number of nitrogens with one attached hydrogen (secondary N) is 1. The van der Waals surface area contributed by atoms with Gasteiger partial charge in [0, 0.05) is 43.9 Å². The first-order valence-corrected chi connectivity index (χ1v) is 13.8. The molecule has 3 heterocycles. The van der Waals surface area contributed by atoms with Gasteiger partial charge in [-0.2, -0.15) is 0 Å². The second kappa shape index (κ2) is 12.1. The molecule has 0 bridgehead atoms. The van der Waals surface area contributed by atoms with Gasteiger partial charge in [0.2, 0.25) is 0 Å². The molecule has 1 fully saturated rings. The number of hydrogen-bond donors (Lipinski definition) is 2. The minimum absolute atomic E-state index is 0.0496. The van der Waals surface area contributed by atoms with Gasteiger partial charge in [0.25, 0.3) is 0 Å². The number of aryl methyl sites for hydroxylation is 1. The van der Waals surface area contributed by atoms with Crippen LogP contribution in [-0.2, 0) is 19.6 Å². The number of rotatable bonds is 11. The van der Waals surface area contributed by atoms with Crippen LogP contribution in [0.3, 0.4) is 0 Å². The number of carbonyl (C=O) groups excluding carboxylic acids is 1. The summed E-state index contributed by atoms with van der Waals surface area (Å²) in [6.07, 6.45) is 9.07. The molecule has 1 aromatic carbocycles. The zero-order chi connectivity index (χ0) is 26.5. The number of Topliss-reactive ketones (excluding diaryl/α,β-unsaturated/α-hetero) is 1. The molecule has 0 spiro atoms. The number of aromatic nitrogens is 2. The van der Waals surface area contributed by atoms with Gasteiger partial charge in [0.1, 0.15) is 18.2 Å². The number of fused-ring (bicyclic) bond motifs is 1. The molecule has 2 aliphatic rings. The molecule has 2 N–H and O–H groups in total. The fourth-order valence-corrected chi connectivity index (χ4v) is 5.59. The van der Waals surface area contributed by atoms with Gasteiger partial charge < -0.3 is 19.6 Å². The van der Waals surface area contributed by atoms with E-state index in [1.807, 2.05) is 19.1 Å². The standard InChI is InChI=1S/C30H38N4O4/c1-20-26-12-14-34(16-23(26)7-10-28(20)37-18-29-21(2)32-19-38-29)17-25(35)8-9-27(36)22-11-13-31-30(15-22)33-24-5-3-4-6-24/h7,10-11,13,15,19,24-25,35H,3-6,8-9,12,14,16-18H2,1-2H3,(H,31,33)/t25-/m0/s1. The molecule has 8 heteroatoms. The highest BCUT2D eigenvalue weighted by atomic mass is 16.5. The van der Waals surface area contributed by atoms with Crippen LogP contribution in [-0.4, -0.2) is 51.0 Å². The predicted octanol–water partition coefficient (Wildman–Crippen LogP) is 5.00. The number of aliphatic hydroxyl groups is 1. The Labute approximate surface area is 224 Å². The molecule has 0 unspecified atom stereocenters. The number of ether oxygens (including phenoxy) is 1. The maximum atomic E-state index is 12.8. The van der Waals surface area contributed by atoms with Crippen LogP contribution in [0.1, 0.15) is 77.0 Å². The summed E-state index contributed by atoms with van der Waals surface area (Å²) >= 11 is 0. The Morgan fingerprint density at radius 2 is 2.08 bits per heavy atom. The molecular weight excluding hydrogens is 480 g/mol. The smallest absolute Gasteiger partial charge is 0.181 e. The van der Waals surface area contributed by atoms with Crippen LogP contribution in [0, 0.1) is 13.8 Å². The molecule has 38 heavy (non-hydrogen) atoms. The van der Waals surface area contributed by atoms with Crippen molar-refractivity contribution in [3.8, 4) is 5.75 Å². The fraction of sp³-hybridized carbons (Fsp3) is 0.500. The van der Waals surface area contributed by atoms with E-state index in [1.165, 1.54) is 30.4 Å². The summed E-state index contributed by atoms with van der Waals surface area (Å²) in [6.45, 7) is 6.57. The highest BCUT2D eigenvalue weighted by molar-refractivity contribution is 5.96. The third kappa shape index (κ3) is 6.42. The predicted molar refractivity (Wildman–Crippen MR) is 145 cm³/mol. The summed E-state index contributed by atoms with van der Waals surface area (Å²) in [4.78, 5) is 23.6. The van der Waals surface area contributed by atoms with Crippen LogP contribution < -0.4 is 10.1 Å². The van der Waals surface area contributed by atoms with E-state index in [0.717, 1.165) is 60.9 Å². The Morgan fingerprint density at radius 1 is 1.24 bits per heavy atom. The Hall–Kier alpha value is -3.23. The minimum Gasteiger partial charge on any atom is -0.485 e. The van der Waals surface area contributed by atoms with Gasteiger partial charge in [-0.15, -0.1) is 0 Å². The summed E-state index contributed by atoms with van der Waals surface area (Å²) in [5.74, 6) is 2.43. The lowest BCUT2D eigenvalue weighted by atomic mass is 9.94. The molecule has 0 amide bonds. The summed E-state index contributed by atoms with van der Waals surface area (Å²) < 4.78 is 11.4. The monoisotopic (exact) mass is 518 g/mol. The van der Waals surface area contributed by atoms with Crippen LogP contribution in [0.15, 0.2) is 41.3 Å². The van der Waals surface area contributed by atoms with Gasteiger partial charge >= 0.3 is 0 Å². The molecule has 1 atom stereocenters. The second-order valence-corrected chi connectivity index (χ2v) is 10.6. The molecule has 5 rings (SSSR count). The summed E-state index contributed by atoms with van der Waals surface area (Å²) in [5.41, 5.74) is 5.24. The van der Waals surface area contributed by atoms with Crippen molar-refractivity contribution in [1.29, 1.82) is 0 Å². The second-order valence-electron chi connectivity index (χ2n) is 10.6. The third-order valence-electron chi connectivity index (χ3n) is 7.88. The molecule has 1 aliphatic carbocycles. The largest absolute Gasteiger partial charge is 0.485 e. The van der Waals surface area contributed by atoms with Crippen molar-refractivity contribution in [3.63, 3.8) is 0 Å². The number of oxazole rings is 1. The lowest BCUT2D eigenvalue weighted by Gasteiger charge is -2.31. The van der Waals surface area contributed by atoms with E-state index in [9.17, 15) is 9.90 Å². The van der Waals surface area contributed by atoms with E-state index in [2.05, 4.69) is 33.2 Å². The van der Waals surface area contributed by atoms with Crippen LogP contribution >= 0.6 is 0 Å². The first-order chi connectivity index (χ1) is 18.5. The van der Waals surface area contributed by atoms with E-state index in [-0.39, 0.29) is 5.78 Å². The van der Waals surface area contributed by atoms with Crippen LogP contribution in [0.2, 0.25) is 0 Å². The summed E-state index contributed by atoms with van der Waals surface area (Å²) in [7, 11) is 0. The average molecular weight is 519 g/mol. The number of hydrogen-bond acceptors (Lipinski definition) is 8. The lowest BCUT2D eigenvalue weighted by molar-refractivity contribution is 0.0836. The van der Waals surface area contributed by atoms with E-state index in [4.69, 9.17) is 9.15 Å². The number of carbonyl (C=O) groups is 1. The molecule has 1 aliphatic heterocycles. The number of nitrogens with zero attached hydrogens (tertiary/aromatic N) is 3. The van der Waals surface area contributed by atoms with Gasteiger partial charge in [0.15, 0.2) is 17.9 Å². The fourth-order valence-electron chi connectivity index (χ4n) is 5.59. The van der Waals surface area contributed by atoms with Gasteiger partial charge in [-0.1, -0.05) is 18.9 Å². The van der Waals surface area contributed by atoms with E-state index in [0.29, 0.717) is 37.6 Å². The highest BCUT2D eigenvalue weighted by Gasteiger charge is 2.22. The molecule has 8 nitrogen and oxygen atoms in total. The molecular formula is C30H38N4O4. The van der Waals surface area contributed by atoms with Crippen molar-refractivity contribution >= 4 is 11.6 Å². The summed E-state index contributed by atoms with van der Waals surface area (Å²) in [5, 5.41) is 14.2. The first kappa shape index (κ1) is 26.4. The maximum absolute atomic E-state index is 12.8. The van der Waals surface area contributed by atoms with Crippen molar-refractivity contribution in [3.05, 3.63) is 70.6 Å². The third-order valence-corrected chi connectivity index (χ3v) is 7.88. The van der Waals surface area contributed by atoms with Crippen LogP contribution in [0.25, 0.3) is 0 Å². The van der Waals surface area contributed by atoms with Crippen molar-refractivity contribution in [1.82, 2.24) is 14.9 Å². The van der Waals surface area contributed by atoms with E-state index < -0.39 is 6.10 Å². The normalized spacial score (nSPS) is 16.8. The number of β-amino-alcohol motifs (C(OH)–C–C–N with tert-alkyl or cyclic N) is 1. The lowest BCUT2D eigenvalue weighted by Crippen LogP contribution is -2.37. The van der Waals surface area contributed by atoms with Gasteiger partial charge in [0.05, 0.1) is 11.8 Å². The Kier molecular flexibility index (Phi) is 8.39. The molecule has 3 aromatic rings. The van der Waals surface area contributed by atoms with Crippen LogP contribution in [0.4, 0.5) is 5.82 Å². The summed E-state index contributed by atoms with van der Waals surface area (Å²) in [6, 6.07) is 8.21. The molecule has 202 valence electrons. The average Bonchev–Trinajstić information content (AvgIpc) is 3.58. The molecule has 0 saturated heterocycles. The van der Waals surface area contributed by atoms with Crippen molar-refractivity contribution in [2.45, 2.75) is 84.1 Å². The number of anilines is 1. The Bertz CT molecular complexity index is 1250. The number of benzene rings is 1. The molecule has 0 radical (unpaired) electrons. The maximum Gasteiger partial charge on any atom is 0.181 e. The quantitative estimate of drug-likeness (QED) is 0.342. The number of ketones is 1. The van der Waals surface area contributed by atoms with Crippen molar-refractivity contribution < 1.29 is 19.1 Å². The topological polar surface area (TPSA) is 101 Å². The van der Waals surface area contributed by atoms with Crippen molar-refractivity contribution in [2.24, 2.45) is 0 Å².